The van der Waals surface area contributed by atoms with Crippen molar-refractivity contribution in [2.24, 2.45) is 0 Å². The smallest absolute Gasteiger partial charge is 0.273 e. The summed E-state index contributed by atoms with van der Waals surface area (Å²) in [6.45, 7) is 1.09. The van der Waals surface area contributed by atoms with Crippen molar-refractivity contribution in [3.8, 4) is 11.5 Å². The van der Waals surface area contributed by atoms with Gasteiger partial charge in [0.1, 0.15) is 11.5 Å². The average molecular weight is 288 g/mol. The highest BCUT2D eigenvalue weighted by Gasteiger charge is 2.09. The van der Waals surface area contributed by atoms with Crippen LogP contribution in [0, 0.1) is 10.1 Å². The largest absolute Gasteiger partial charge is 0.508 e. The first-order valence-electron chi connectivity index (χ1n) is 6.39. The van der Waals surface area contributed by atoms with Crippen LogP contribution in [0.1, 0.15) is 11.1 Å². The van der Waals surface area contributed by atoms with Crippen LogP contribution in [0.25, 0.3) is 0 Å². The third-order valence-corrected chi connectivity index (χ3v) is 2.99. The van der Waals surface area contributed by atoms with Crippen molar-refractivity contribution in [3.05, 3.63) is 63.7 Å². The molecular formula is C15H16N2O4. The zero-order chi connectivity index (χ0) is 15.2. The molecule has 0 aliphatic rings. The van der Waals surface area contributed by atoms with E-state index in [4.69, 9.17) is 4.74 Å². The van der Waals surface area contributed by atoms with Crippen molar-refractivity contribution in [1.82, 2.24) is 5.32 Å². The predicted octanol–water partition coefficient (Wildman–Crippen LogP) is 2.60. The van der Waals surface area contributed by atoms with Crippen LogP contribution in [0.3, 0.4) is 0 Å². The van der Waals surface area contributed by atoms with Crippen molar-refractivity contribution < 1.29 is 14.8 Å². The van der Waals surface area contributed by atoms with Crippen LogP contribution in [-0.4, -0.2) is 17.1 Å². The Kier molecular flexibility index (Phi) is 4.73. The number of aromatic hydroxyl groups is 1. The van der Waals surface area contributed by atoms with E-state index in [-0.39, 0.29) is 11.4 Å². The van der Waals surface area contributed by atoms with Gasteiger partial charge in [-0.1, -0.05) is 12.1 Å². The minimum Gasteiger partial charge on any atom is -0.508 e. The Morgan fingerprint density at radius 2 is 1.81 bits per heavy atom. The fourth-order valence-electron chi connectivity index (χ4n) is 1.93. The second-order valence-corrected chi connectivity index (χ2v) is 4.57. The van der Waals surface area contributed by atoms with Crippen LogP contribution in [-0.2, 0) is 13.1 Å². The molecule has 6 nitrogen and oxygen atoms in total. The first-order valence-corrected chi connectivity index (χ1v) is 6.39. The number of rotatable bonds is 6. The summed E-state index contributed by atoms with van der Waals surface area (Å²) >= 11 is 0. The number of nitrogens with zero attached hydrogens (tertiary/aromatic N) is 1. The average Bonchev–Trinajstić information content (AvgIpc) is 2.49. The van der Waals surface area contributed by atoms with Crippen LogP contribution < -0.4 is 10.1 Å². The molecule has 0 saturated carbocycles. The lowest BCUT2D eigenvalue weighted by molar-refractivity contribution is -0.385. The molecule has 0 heterocycles. The van der Waals surface area contributed by atoms with Crippen LogP contribution in [0.15, 0.2) is 42.5 Å². The Morgan fingerprint density at radius 3 is 2.43 bits per heavy atom. The molecular weight excluding hydrogens is 272 g/mol. The number of phenols is 1. The number of nitrogens with one attached hydrogen (secondary N) is 1. The second kappa shape index (κ2) is 6.71. The van der Waals surface area contributed by atoms with E-state index in [1.54, 1.807) is 18.2 Å². The van der Waals surface area contributed by atoms with Gasteiger partial charge >= 0.3 is 0 Å². The molecule has 2 N–H and O–H groups in total. The summed E-state index contributed by atoms with van der Waals surface area (Å²) < 4.78 is 5.06. The highest BCUT2D eigenvalue weighted by molar-refractivity contribution is 5.42. The van der Waals surface area contributed by atoms with Gasteiger partial charge in [-0.15, -0.1) is 0 Å². The number of hydrogen-bond donors (Lipinski definition) is 2. The topological polar surface area (TPSA) is 84.6 Å². The number of hydrogen-bond acceptors (Lipinski definition) is 5. The number of non-ortho nitro benzene ring substituents is 1. The Hall–Kier alpha value is -2.60. The molecule has 0 spiro atoms. The van der Waals surface area contributed by atoms with Crippen molar-refractivity contribution in [3.63, 3.8) is 0 Å². The number of phenolic OH excluding ortho intramolecular Hbond substituents is 1. The summed E-state index contributed by atoms with van der Waals surface area (Å²) in [6, 6.07) is 11.5. The van der Waals surface area contributed by atoms with E-state index < -0.39 is 4.92 Å². The maximum atomic E-state index is 10.9. The molecule has 0 fully saturated rings. The fourth-order valence-corrected chi connectivity index (χ4v) is 1.93. The lowest BCUT2D eigenvalue weighted by Crippen LogP contribution is -2.12. The molecule has 2 aromatic rings. The summed E-state index contributed by atoms with van der Waals surface area (Å²) in [7, 11) is 1.48. The highest BCUT2D eigenvalue weighted by Crippen LogP contribution is 2.22. The monoisotopic (exact) mass is 288 g/mol. The van der Waals surface area contributed by atoms with Gasteiger partial charge in [-0.05, 0) is 29.3 Å². The molecule has 6 heteroatoms. The van der Waals surface area contributed by atoms with Gasteiger partial charge in [-0.2, -0.15) is 0 Å². The van der Waals surface area contributed by atoms with Crippen LogP contribution in [0.2, 0.25) is 0 Å². The number of ether oxygens (including phenoxy) is 1. The fraction of sp³-hybridized carbons (Fsp3) is 0.200. The van der Waals surface area contributed by atoms with E-state index in [2.05, 4.69) is 5.32 Å². The lowest BCUT2D eigenvalue weighted by atomic mass is 10.1. The zero-order valence-electron chi connectivity index (χ0n) is 11.6. The molecule has 0 amide bonds. The Bertz CT molecular complexity index is 626. The van der Waals surface area contributed by atoms with Crippen molar-refractivity contribution in [1.29, 1.82) is 0 Å². The van der Waals surface area contributed by atoms with E-state index >= 15 is 0 Å². The quantitative estimate of drug-likeness (QED) is 0.630. The number of nitro benzene ring substituents is 1. The van der Waals surface area contributed by atoms with Gasteiger partial charge in [0.15, 0.2) is 0 Å². The lowest BCUT2D eigenvalue weighted by Gasteiger charge is -2.07. The Morgan fingerprint density at radius 1 is 1.14 bits per heavy atom. The summed E-state index contributed by atoms with van der Waals surface area (Å²) in [6.07, 6.45) is 0. The standard InChI is InChI=1S/C15H16N2O4/c1-21-15-7-12(6-13(8-15)17(19)20)10-16-9-11-2-4-14(18)5-3-11/h2-8,16,18H,9-10H2,1H3. The van der Waals surface area contributed by atoms with Crippen molar-refractivity contribution in [2.75, 3.05) is 7.11 Å². The summed E-state index contributed by atoms with van der Waals surface area (Å²) in [5.74, 6) is 0.688. The predicted molar refractivity (Wildman–Crippen MR) is 78.3 cm³/mol. The van der Waals surface area contributed by atoms with Gasteiger partial charge in [0, 0.05) is 19.2 Å². The van der Waals surface area contributed by atoms with E-state index in [9.17, 15) is 15.2 Å². The molecule has 0 radical (unpaired) electrons. The molecule has 110 valence electrons. The van der Waals surface area contributed by atoms with E-state index in [0.29, 0.717) is 18.8 Å². The molecule has 0 aliphatic heterocycles. The zero-order valence-corrected chi connectivity index (χ0v) is 11.6. The third-order valence-electron chi connectivity index (χ3n) is 2.99. The number of benzene rings is 2. The van der Waals surface area contributed by atoms with Crippen LogP contribution >= 0.6 is 0 Å². The number of methoxy groups -OCH3 is 1. The Balaban J connectivity index is 2.00. The molecule has 0 aromatic heterocycles. The molecule has 0 atom stereocenters. The normalized spacial score (nSPS) is 10.3. The summed E-state index contributed by atoms with van der Waals surface area (Å²) in [4.78, 5) is 10.4. The minimum absolute atomic E-state index is 0.00998. The number of nitro groups is 1. The van der Waals surface area contributed by atoms with E-state index in [1.165, 1.54) is 19.2 Å². The van der Waals surface area contributed by atoms with Crippen molar-refractivity contribution >= 4 is 5.69 Å². The van der Waals surface area contributed by atoms with Crippen LogP contribution in [0.4, 0.5) is 5.69 Å². The van der Waals surface area contributed by atoms with E-state index in [1.807, 2.05) is 12.1 Å². The summed E-state index contributed by atoms with van der Waals surface area (Å²) in [5, 5.41) is 23.3. The molecule has 0 saturated heterocycles. The molecule has 0 aliphatic carbocycles. The van der Waals surface area contributed by atoms with Gasteiger partial charge in [0.05, 0.1) is 18.1 Å². The van der Waals surface area contributed by atoms with Gasteiger partial charge in [-0.25, -0.2) is 0 Å². The van der Waals surface area contributed by atoms with Gasteiger partial charge in [0.25, 0.3) is 5.69 Å². The first-order chi connectivity index (χ1) is 10.1. The molecule has 21 heavy (non-hydrogen) atoms. The maximum absolute atomic E-state index is 10.9. The van der Waals surface area contributed by atoms with Gasteiger partial charge < -0.3 is 15.2 Å². The third kappa shape index (κ3) is 4.19. The summed E-state index contributed by atoms with van der Waals surface area (Å²) in [5.41, 5.74) is 1.81. The van der Waals surface area contributed by atoms with Gasteiger partial charge in [-0.3, -0.25) is 10.1 Å². The maximum Gasteiger partial charge on any atom is 0.273 e. The molecule has 0 unspecified atom stereocenters. The molecule has 0 bridgehead atoms. The van der Waals surface area contributed by atoms with Crippen LogP contribution in [0.5, 0.6) is 11.5 Å². The first kappa shape index (κ1) is 14.8. The minimum atomic E-state index is -0.438. The van der Waals surface area contributed by atoms with Crippen molar-refractivity contribution in [2.45, 2.75) is 13.1 Å². The van der Waals surface area contributed by atoms with Gasteiger partial charge in [0.2, 0.25) is 0 Å². The van der Waals surface area contributed by atoms with E-state index in [0.717, 1.165) is 11.1 Å². The molecule has 2 rings (SSSR count). The highest BCUT2D eigenvalue weighted by atomic mass is 16.6. The SMILES string of the molecule is COc1cc(CNCc2ccc(O)cc2)cc([N+](=O)[O-])c1. The second-order valence-electron chi connectivity index (χ2n) is 4.57. The molecule has 2 aromatic carbocycles. The Labute approximate surface area is 122 Å².